The van der Waals surface area contributed by atoms with Gasteiger partial charge in [-0.3, -0.25) is 0 Å². The van der Waals surface area contributed by atoms with Crippen LogP contribution in [0.1, 0.15) is 18.4 Å². The summed E-state index contributed by atoms with van der Waals surface area (Å²) in [5.41, 5.74) is 3.24. The fraction of sp³-hybridized carbons (Fsp3) is 0.500. The van der Waals surface area contributed by atoms with Gasteiger partial charge in [-0.15, -0.1) is 0 Å². The van der Waals surface area contributed by atoms with Gasteiger partial charge in [0.25, 0.3) is 0 Å². The minimum absolute atomic E-state index is 0.137. The smallest absolute Gasteiger partial charge is 0.319 e. The number of anilines is 2. The molecule has 102 valence electrons. The van der Waals surface area contributed by atoms with Crippen molar-refractivity contribution in [2.24, 2.45) is 0 Å². The number of carbonyl (C=O) groups is 1. The van der Waals surface area contributed by atoms with Crippen molar-refractivity contribution in [3.05, 3.63) is 23.8 Å². The molecule has 1 unspecified atom stereocenters. The monoisotopic (exact) mass is 261 g/mol. The number of urea groups is 1. The molecule has 5 nitrogen and oxygen atoms in total. The second kappa shape index (κ2) is 5.48. The third kappa shape index (κ3) is 2.81. The van der Waals surface area contributed by atoms with Crippen molar-refractivity contribution < 1.29 is 9.53 Å². The Morgan fingerprint density at radius 1 is 1.42 bits per heavy atom. The number of amides is 2. The van der Waals surface area contributed by atoms with E-state index in [0.29, 0.717) is 6.61 Å². The highest BCUT2D eigenvalue weighted by Gasteiger charge is 2.19. The van der Waals surface area contributed by atoms with E-state index in [0.717, 1.165) is 43.8 Å². The average molecular weight is 261 g/mol. The molecule has 0 aromatic heterocycles. The molecular weight excluding hydrogens is 242 g/mol. The zero-order chi connectivity index (χ0) is 13.1. The van der Waals surface area contributed by atoms with Crippen molar-refractivity contribution in [3.8, 4) is 0 Å². The molecule has 5 heteroatoms. The van der Waals surface area contributed by atoms with Gasteiger partial charge in [-0.25, -0.2) is 4.79 Å². The molecule has 2 aliphatic heterocycles. The Morgan fingerprint density at radius 3 is 3.21 bits per heavy atom. The lowest BCUT2D eigenvalue weighted by Crippen LogP contribution is -2.38. The van der Waals surface area contributed by atoms with Crippen LogP contribution in [-0.4, -0.2) is 31.8 Å². The summed E-state index contributed by atoms with van der Waals surface area (Å²) in [7, 11) is 0. The highest BCUT2D eigenvalue weighted by atomic mass is 16.5. The highest BCUT2D eigenvalue weighted by Crippen LogP contribution is 2.28. The molecule has 2 amide bonds. The standard InChI is InChI=1S/C14H19N3O2/c18-14(16-10-6-8-19-9-10)17-13-5-1-4-12-11(13)3-2-7-15-12/h1,4-5,10,15H,2-3,6-9H2,(H2,16,17,18). The molecule has 3 N–H and O–H groups in total. The lowest BCUT2D eigenvalue weighted by Gasteiger charge is -2.21. The van der Waals surface area contributed by atoms with E-state index < -0.39 is 0 Å². The maximum Gasteiger partial charge on any atom is 0.319 e. The zero-order valence-corrected chi connectivity index (χ0v) is 10.9. The molecule has 3 rings (SSSR count). The van der Waals surface area contributed by atoms with Crippen LogP contribution < -0.4 is 16.0 Å². The molecule has 1 saturated heterocycles. The quantitative estimate of drug-likeness (QED) is 0.762. The van der Waals surface area contributed by atoms with Crippen LogP contribution in [0.25, 0.3) is 0 Å². The van der Waals surface area contributed by atoms with Crippen LogP contribution in [0.3, 0.4) is 0 Å². The topological polar surface area (TPSA) is 62.4 Å². The van der Waals surface area contributed by atoms with Gasteiger partial charge < -0.3 is 20.7 Å². The Hall–Kier alpha value is -1.75. The summed E-state index contributed by atoms with van der Waals surface area (Å²) in [5, 5.41) is 9.25. The number of benzene rings is 1. The number of nitrogens with one attached hydrogen (secondary N) is 3. The van der Waals surface area contributed by atoms with E-state index in [2.05, 4.69) is 22.0 Å². The summed E-state index contributed by atoms with van der Waals surface area (Å²) in [4.78, 5) is 12.0. The zero-order valence-electron chi connectivity index (χ0n) is 10.9. The second-order valence-corrected chi connectivity index (χ2v) is 5.02. The van der Waals surface area contributed by atoms with Crippen molar-refractivity contribution in [3.63, 3.8) is 0 Å². The number of hydrogen-bond acceptors (Lipinski definition) is 3. The van der Waals surface area contributed by atoms with Crippen LogP contribution in [0.5, 0.6) is 0 Å². The Balaban J connectivity index is 1.67. The van der Waals surface area contributed by atoms with E-state index in [-0.39, 0.29) is 12.1 Å². The van der Waals surface area contributed by atoms with Crippen LogP contribution in [0.4, 0.5) is 16.2 Å². The first-order valence-electron chi connectivity index (χ1n) is 6.84. The van der Waals surface area contributed by atoms with Crippen LogP contribution >= 0.6 is 0 Å². The van der Waals surface area contributed by atoms with Gasteiger partial charge in [0.1, 0.15) is 0 Å². The van der Waals surface area contributed by atoms with E-state index in [9.17, 15) is 4.79 Å². The molecule has 0 radical (unpaired) electrons. The molecule has 1 aromatic carbocycles. The number of carbonyl (C=O) groups excluding carboxylic acids is 1. The van der Waals surface area contributed by atoms with E-state index >= 15 is 0 Å². The summed E-state index contributed by atoms with van der Waals surface area (Å²) in [6, 6.07) is 5.97. The van der Waals surface area contributed by atoms with Crippen LogP contribution in [0, 0.1) is 0 Å². The maximum atomic E-state index is 12.0. The predicted octanol–water partition coefficient (Wildman–Crippen LogP) is 1.96. The normalized spacial score (nSPS) is 21.4. The molecular formula is C14H19N3O2. The fourth-order valence-electron chi connectivity index (χ4n) is 2.62. The average Bonchev–Trinajstić information content (AvgIpc) is 2.92. The first kappa shape index (κ1) is 12.3. The number of rotatable bonds is 2. The molecule has 0 bridgehead atoms. The van der Waals surface area contributed by atoms with Gasteiger partial charge in [0.05, 0.1) is 12.6 Å². The van der Waals surface area contributed by atoms with Gasteiger partial charge in [-0.1, -0.05) is 6.07 Å². The third-order valence-corrected chi connectivity index (χ3v) is 3.61. The summed E-state index contributed by atoms with van der Waals surface area (Å²) < 4.78 is 5.25. The molecule has 2 aliphatic rings. The fourth-order valence-corrected chi connectivity index (χ4v) is 2.62. The lowest BCUT2D eigenvalue weighted by atomic mass is 10.0. The van der Waals surface area contributed by atoms with E-state index in [1.165, 1.54) is 5.56 Å². The molecule has 19 heavy (non-hydrogen) atoms. The second-order valence-electron chi connectivity index (χ2n) is 5.02. The highest BCUT2D eigenvalue weighted by molar-refractivity contribution is 5.91. The molecule has 0 aliphatic carbocycles. The van der Waals surface area contributed by atoms with Gasteiger partial charge >= 0.3 is 6.03 Å². The summed E-state index contributed by atoms with van der Waals surface area (Å²) in [5.74, 6) is 0. The van der Waals surface area contributed by atoms with Gasteiger partial charge in [0.15, 0.2) is 0 Å². The van der Waals surface area contributed by atoms with Crippen molar-refractivity contribution in [1.29, 1.82) is 0 Å². The molecule has 1 atom stereocenters. The minimum atomic E-state index is -0.144. The molecule has 1 aromatic rings. The van der Waals surface area contributed by atoms with Gasteiger partial charge in [0.2, 0.25) is 0 Å². The first-order chi connectivity index (χ1) is 9.33. The largest absolute Gasteiger partial charge is 0.385 e. The number of fused-ring (bicyclic) bond motifs is 1. The van der Waals surface area contributed by atoms with Crippen LogP contribution in [0.2, 0.25) is 0 Å². The molecule has 0 saturated carbocycles. The Bertz CT molecular complexity index is 470. The van der Waals surface area contributed by atoms with Gasteiger partial charge in [0, 0.05) is 24.5 Å². The minimum Gasteiger partial charge on any atom is -0.385 e. The summed E-state index contributed by atoms with van der Waals surface area (Å²) >= 11 is 0. The lowest BCUT2D eigenvalue weighted by molar-refractivity contribution is 0.189. The summed E-state index contributed by atoms with van der Waals surface area (Å²) in [6.07, 6.45) is 3.00. The third-order valence-electron chi connectivity index (χ3n) is 3.61. The Kier molecular flexibility index (Phi) is 3.55. The first-order valence-corrected chi connectivity index (χ1v) is 6.84. The Morgan fingerprint density at radius 2 is 2.37 bits per heavy atom. The van der Waals surface area contributed by atoms with E-state index in [4.69, 9.17) is 4.74 Å². The predicted molar refractivity (Wildman–Crippen MR) is 74.6 cm³/mol. The molecule has 2 heterocycles. The van der Waals surface area contributed by atoms with Gasteiger partial charge in [-0.2, -0.15) is 0 Å². The SMILES string of the molecule is O=C(Nc1cccc2c1CCCN2)NC1CCOC1. The van der Waals surface area contributed by atoms with Crippen LogP contribution in [0.15, 0.2) is 18.2 Å². The maximum absolute atomic E-state index is 12.0. The van der Waals surface area contributed by atoms with Gasteiger partial charge in [-0.05, 0) is 37.0 Å². The van der Waals surface area contributed by atoms with E-state index in [1.54, 1.807) is 0 Å². The van der Waals surface area contributed by atoms with E-state index in [1.807, 2.05) is 12.1 Å². The molecule has 0 spiro atoms. The summed E-state index contributed by atoms with van der Waals surface area (Å²) in [6.45, 7) is 2.35. The number of hydrogen-bond donors (Lipinski definition) is 3. The molecule has 1 fully saturated rings. The Labute approximate surface area is 112 Å². The van der Waals surface area contributed by atoms with Crippen LogP contribution in [-0.2, 0) is 11.2 Å². The van der Waals surface area contributed by atoms with Crippen molar-refractivity contribution in [1.82, 2.24) is 5.32 Å². The van der Waals surface area contributed by atoms with Crippen molar-refractivity contribution in [2.45, 2.75) is 25.3 Å². The van der Waals surface area contributed by atoms with Crippen molar-refractivity contribution in [2.75, 3.05) is 30.4 Å². The number of ether oxygens (including phenoxy) is 1. The van der Waals surface area contributed by atoms with Crippen molar-refractivity contribution >= 4 is 17.4 Å².